The highest BCUT2D eigenvalue weighted by atomic mass is 16.5. The van der Waals surface area contributed by atoms with Gasteiger partial charge in [-0.3, -0.25) is 19.9 Å². The monoisotopic (exact) mass is 367 g/mol. The second kappa shape index (κ2) is 7.69. The summed E-state index contributed by atoms with van der Waals surface area (Å²) in [6, 6.07) is 12.5. The molecule has 1 heterocycles. The fraction of sp³-hybridized carbons (Fsp3) is 0.158. The number of aliphatic imine (C=N–C) groups is 1. The van der Waals surface area contributed by atoms with E-state index >= 15 is 0 Å². The van der Waals surface area contributed by atoms with E-state index < -0.39 is 23.8 Å². The maximum atomic E-state index is 12.8. The molecule has 27 heavy (non-hydrogen) atoms. The first-order valence-corrected chi connectivity index (χ1v) is 8.04. The standard InChI is InChI=1S/C19H17N3O5/c1-26-14-7-3-5-12(9-14)20-11-16-17(23)21-19(25)22(18(16)24)13-6-4-8-15(10-13)27-2/h3-11,16H,1-2H3,(H,21,23,25)/t16-/m0/s1. The van der Waals surface area contributed by atoms with Gasteiger partial charge in [0.05, 0.1) is 25.6 Å². The van der Waals surface area contributed by atoms with E-state index in [4.69, 9.17) is 9.47 Å². The third-order valence-corrected chi connectivity index (χ3v) is 3.94. The molecule has 1 N–H and O–H groups in total. The number of amides is 4. The van der Waals surface area contributed by atoms with Crippen molar-refractivity contribution in [3.63, 3.8) is 0 Å². The second-order valence-corrected chi connectivity index (χ2v) is 5.63. The Kier molecular flexibility index (Phi) is 5.16. The molecule has 138 valence electrons. The van der Waals surface area contributed by atoms with Gasteiger partial charge in [0.1, 0.15) is 11.5 Å². The average molecular weight is 367 g/mol. The van der Waals surface area contributed by atoms with Crippen LogP contribution in [0.15, 0.2) is 53.5 Å². The minimum atomic E-state index is -1.24. The van der Waals surface area contributed by atoms with Crippen molar-refractivity contribution in [1.82, 2.24) is 5.32 Å². The molecule has 0 aromatic heterocycles. The number of nitrogens with one attached hydrogen (secondary N) is 1. The van der Waals surface area contributed by atoms with Gasteiger partial charge in [-0.2, -0.15) is 0 Å². The smallest absolute Gasteiger partial charge is 0.335 e. The number of hydrogen-bond donors (Lipinski definition) is 1. The fourth-order valence-corrected chi connectivity index (χ4v) is 2.57. The number of benzene rings is 2. The van der Waals surface area contributed by atoms with E-state index in [1.165, 1.54) is 26.5 Å². The molecule has 8 nitrogen and oxygen atoms in total. The van der Waals surface area contributed by atoms with Gasteiger partial charge >= 0.3 is 6.03 Å². The van der Waals surface area contributed by atoms with Crippen LogP contribution in [0.25, 0.3) is 0 Å². The Bertz CT molecular complexity index is 925. The van der Waals surface area contributed by atoms with Crippen molar-refractivity contribution >= 4 is 35.4 Å². The number of imide groups is 2. The fourth-order valence-electron chi connectivity index (χ4n) is 2.57. The minimum Gasteiger partial charge on any atom is -0.497 e. The lowest BCUT2D eigenvalue weighted by atomic mass is 10.1. The lowest BCUT2D eigenvalue weighted by Gasteiger charge is -2.28. The van der Waals surface area contributed by atoms with E-state index in [1.54, 1.807) is 42.5 Å². The topological polar surface area (TPSA) is 97.3 Å². The largest absolute Gasteiger partial charge is 0.497 e. The Morgan fingerprint density at radius 3 is 2.37 bits per heavy atom. The van der Waals surface area contributed by atoms with Crippen molar-refractivity contribution in [3.8, 4) is 11.5 Å². The van der Waals surface area contributed by atoms with Crippen LogP contribution in [-0.2, 0) is 9.59 Å². The van der Waals surface area contributed by atoms with Crippen LogP contribution in [0, 0.1) is 5.92 Å². The molecule has 0 saturated carbocycles. The quantitative estimate of drug-likeness (QED) is 0.646. The van der Waals surface area contributed by atoms with E-state index in [-0.39, 0.29) is 0 Å². The molecule has 2 aromatic carbocycles. The third kappa shape index (κ3) is 3.79. The van der Waals surface area contributed by atoms with Gasteiger partial charge in [-0.25, -0.2) is 9.69 Å². The van der Waals surface area contributed by atoms with Crippen molar-refractivity contribution in [1.29, 1.82) is 0 Å². The number of barbiturate groups is 1. The summed E-state index contributed by atoms with van der Waals surface area (Å²) in [5, 5.41) is 2.18. The summed E-state index contributed by atoms with van der Waals surface area (Å²) in [7, 11) is 3.00. The molecule has 0 aliphatic carbocycles. The molecule has 0 radical (unpaired) electrons. The Hall–Kier alpha value is -3.68. The van der Waals surface area contributed by atoms with Crippen molar-refractivity contribution in [3.05, 3.63) is 48.5 Å². The van der Waals surface area contributed by atoms with Crippen LogP contribution in [0.1, 0.15) is 0 Å². The number of rotatable bonds is 5. The lowest BCUT2D eigenvalue weighted by molar-refractivity contribution is -0.131. The highest BCUT2D eigenvalue weighted by Gasteiger charge is 2.40. The normalized spacial score (nSPS) is 17.2. The van der Waals surface area contributed by atoms with Crippen molar-refractivity contribution in [2.45, 2.75) is 0 Å². The van der Waals surface area contributed by atoms with Crippen LogP contribution in [0.5, 0.6) is 11.5 Å². The van der Waals surface area contributed by atoms with E-state index in [0.717, 1.165) is 4.90 Å². The molecule has 1 atom stereocenters. The second-order valence-electron chi connectivity index (χ2n) is 5.63. The molecule has 0 bridgehead atoms. The van der Waals surface area contributed by atoms with Gasteiger partial charge in [-0.1, -0.05) is 12.1 Å². The number of urea groups is 1. The van der Waals surface area contributed by atoms with Gasteiger partial charge in [0.15, 0.2) is 5.92 Å². The molecular weight excluding hydrogens is 350 g/mol. The predicted octanol–water partition coefficient (Wildman–Crippen LogP) is 2.31. The Morgan fingerprint density at radius 1 is 1.00 bits per heavy atom. The summed E-state index contributed by atoms with van der Waals surface area (Å²) < 4.78 is 10.2. The average Bonchev–Trinajstić information content (AvgIpc) is 2.68. The summed E-state index contributed by atoms with van der Waals surface area (Å²) >= 11 is 0. The van der Waals surface area contributed by atoms with Gasteiger partial charge in [0, 0.05) is 18.3 Å². The number of hydrogen-bond acceptors (Lipinski definition) is 6. The van der Waals surface area contributed by atoms with Gasteiger partial charge in [-0.05, 0) is 24.3 Å². The van der Waals surface area contributed by atoms with Gasteiger partial charge in [0.2, 0.25) is 5.91 Å². The molecule has 2 aromatic rings. The molecule has 1 aliphatic heterocycles. The predicted molar refractivity (Wildman–Crippen MR) is 98.7 cm³/mol. The molecule has 0 unspecified atom stereocenters. The Balaban J connectivity index is 1.89. The molecule has 4 amide bonds. The van der Waals surface area contributed by atoms with Crippen molar-refractivity contribution in [2.75, 3.05) is 19.1 Å². The maximum absolute atomic E-state index is 12.8. The summed E-state index contributed by atoms with van der Waals surface area (Å²) in [5.74, 6) is -1.58. The summed E-state index contributed by atoms with van der Waals surface area (Å²) in [6.07, 6.45) is 1.21. The van der Waals surface area contributed by atoms with Gasteiger partial charge in [-0.15, -0.1) is 0 Å². The zero-order valence-corrected chi connectivity index (χ0v) is 14.7. The number of methoxy groups -OCH3 is 2. The SMILES string of the molecule is COc1cccc(N=C[C@H]2C(=O)NC(=O)N(c3cccc(OC)c3)C2=O)c1. The van der Waals surface area contributed by atoms with Crippen LogP contribution >= 0.6 is 0 Å². The van der Waals surface area contributed by atoms with Crippen molar-refractivity contribution in [2.24, 2.45) is 10.9 Å². The molecule has 1 saturated heterocycles. The highest BCUT2D eigenvalue weighted by molar-refractivity contribution is 6.32. The number of anilines is 1. The first-order chi connectivity index (χ1) is 13.0. The van der Waals surface area contributed by atoms with Gasteiger partial charge in [0.25, 0.3) is 5.91 Å². The molecule has 1 aliphatic rings. The van der Waals surface area contributed by atoms with Crippen molar-refractivity contribution < 1.29 is 23.9 Å². The number of nitrogens with zero attached hydrogens (tertiary/aromatic N) is 2. The molecule has 3 rings (SSSR count). The zero-order chi connectivity index (χ0) is 19.4. The minimum absolute atomic E-state index is 0.295. The molecule has 0 spiro atoms. The van der Waals surface area contributed by atoms with Crippen LogP contribution in [-0.4, -0.2) is 38.3 Å². The molecule has 8 heteroatoms. The zero-order valence-electron chi connectivity index (χ0n) is 14.7. The van der Waals surface area contributed by atoms with Crippen LogP contribution in [0.3, 0.4) is 0 Å². The number of carbonyl (C=O) groups is 3. The van der Waals surface area contributed by atoms with Crippen LogP contribution < -0.4 is 19.7 Å². The maximum Gasteiger partial charge on any atom is 0.335 e. The lowest BCUT2D eigenvalue weighted by Crippen LogP contribution is -2.58. The first-order valence-electron chi connectivity index (χ1n) is 8.04. The van der Waals surface area contributed by atoms with E-state index in [2.05, 4.69) is 10.3 Å². The number of ether oxygens (including phenoxy) is 2. The molecular formula is C19H17N3O5. The van der Waals surface area contributed by atoms with E-state index in [9.17, 15) is 14.4 Å². The summed E-state index contributed by atoms with van der Waals surface area (Å²) in [6.45, 7) is 0. The molecule has 1 fully saturated rings. The Labute approximate surface area is 155 Å². The van der Waals surface area contributed by atoms with Gasteiger partial charge < -0.3 is 9.47 Å². The summed E-state index contributed by atoms with van der Waals surface area (Å²) in [4.78, 5) is 42.2. The van der Waals surface area contributed by atoms with Crippen LogP contribution in [0.4, 0.5) is 16.2 Å². The highest BCUT2D eigenvalue weighted by Crippen LogP contribution is 2.25. The first kappa shape index (κ1) is 18.1. The van der Waals surface area contributed by atoms with E-state index in [1.807, 2.05) is 0 Å². The third-order valence-electron chi connectivity index (χ3n) is 3.94. The van der Waals surface area contributed by atoms with Crippen LogP contribution in [0.2, 0.25) is 0 Å². The number of carbonyl (C=O) groups excluding carboxylic acids is 3. The van der Waals surface area contributed by atoms with E-state index in [0.29, 0.717) is 22.9 Å². The Morgan fingerprint density at radius 2 is 1.67 bits per heavy atom. The summed E-state index contributed by atoms with van der Waals surface area (Å²) in [5.41, 5.74) is 0.809.